The topological polar surface area (TPSA) is 116 Å². The fraction of sp³-hybridized carbons (Fsp3) is 0. The van der Waals surface area contributed by atoms with Crippen molar-refractivity contribution in [1.29, 1.82) is 0 Å². The van der Waals surface area contributed by atoms with Gasteiger partial charge in [0.2, 0.25) is 0 Å². The molecule has 0 atom stereocenters. The van der Waals surface area contributed by atoms with E-state index in [4.69, 9.17) is 44.9 Å². The highest BCUT2D eigenvalue weighted by Gasteiger charge is 2.27. The Labute approximate surface area is 813 Å². The zero-order valence-corrected chi connectivity index (χ0v) is 77.3. The molecule has 21 aromatic carbocycles. The van der Waals surface area contributed by atoms with Crippen LogP contribution in [0.25, 0.3) is 262 Å². The summed E-state index contributed by atoms with van der Waals surface area (Å²) < 4.78 is 3.63. The van der Waals surface area contributed by atoms with Gasteiger partial charge in [-0.25, -0.2) is 44.9 Å². The number of rotatable bonds is 14. The van der Waals surface area contributed by atoms with E-state index in [2.05, 4.69) is 467 Å². The molecule has 6 aromatic heterocycles. The minimum Gasteiger partial charge on any atom is -0.208 e. The molecule has 0 N–H and O–H groups in total. The summed E-state index contributed by atoms with van der Waals surface area (Å²) in [4.78, 5) is 50.0. The Kier molecular flexibility index (Phi) is 21.7. The van der Waals surface area contributed by atoms with E-state index in [1.54, 1.807) is 34.0 Å². The lowest BCUT2D eigenvalue weighted by Crippen LogP contribution is -2.01. The van der Waals surface area contributed by atoms with Crippen molar-refractivity contribution >= 4 is 140 Å². The summed E-state index contributed by atoms with van der Waals surface area (Å²) in [6.07, 6.45) is 0. The number of fused-ring (bicyclic) bond motifs is 10. The average Bonchev–Trinajstić information content (AvgIpc) is 1.08. The first-order chi connectivity index (χ1) is 68.9. The Morgan fingerprint density at radius 3 is 0.662 bits per heavy atom. The summed E-state index contributed by atoms with van der Waals surface area (Å²) in [6, 6.07) is 168. The van der Waals surface area contributed by atoms with Gasteiger partial charge in [0.05, 0.1) is 14.6 Å². The van der Waals surface area contributed by atoms with Crippen LogP contribution in [0.4, 0.5) is 0 Å². The largest absolute Gasteiger partial charge is 0.208 e. The van der Waals surface area contributed by atoms with E-state index in [0.717, 1.165) is 102 Å². The van der Waals surface area contributed by atoms with Gasteiger partial charge < -0.3 is 0 Å². The zero-order chi connectivity index (χ0) is 92.1. The second-order valence-electron chi connectivity index (χ2n) is 34.4. The Morgan fingerprint density at radius 1 is 0.115 bits per heavy atom. The molecule has 0 saturated carbocycles. The summed E-state index contributed by atoms with van der Waals surface area (Å²) in [5.74, 6) is 6.02. The predicted octanol–water partition coefficient (Wildman–Crippen LogP) is 34.7. The van der Waals surface area contributed by atoms with Crippen LogP contribution in [0.3, 0.4) is 0 Å². The molecule has 0 amide bonds. The molecule has 27 rings (SSSR count). The van der Waals surface area contributed by atoms with Gasteiger partial charge in [0.25, 0.3) is 0 Å². The second kappa shape index (κ2) is 36.3. The number of nitrogens with zero attached hydrogens (tertiary/aromatic N) is 9. The van der Waals surface area contributed by atoms with Crippen LogP contribution in [0.2, 0.25) is 0 Å². The van der Waals surface area contributed by atoms with Crippen molar-refractivity contribution in [1.82, 2.24) is 44.9 Å². The van der Waals surface area contributed by atoms with Crippen LogP contribution in [-0.4, -0.2) is 44.9 Å². The summed E-state index contributed by atoms with van der Waals surface area (Å²) in [7, 11) is 0. The van der Waals surface area contributed by atoms with E-state index in [9.17, 15) is 0 Å². The first-order valence-electron chi connectivity index (χ1n) is 46.4. The smallest absolute Gasteiger partial charge is 0.174 e. The van der Waals surface area contributed by atoms with E-state index in [-0.39, 0.29) is 0 Å². The quantitative estimate of drug-likeness (QED) is 0.0981. The van der Waals surface area contributed by atoms with Crippen LogP contribution in [0.1, 0.15) is 0 Å². The van der Waals surface area contributed by atoms with Crippen molar-refractivity contribution in [2.24, 2.45) is 0 Å². The Hall–Kier alpha value is -17.7. The van der Waals surface area contributed by atoms with Crippen molar-refractivity contribution in [3.05, 3.63) is 479 Å². The Bertz CT molecular complexity index is 9130. The fourth-order valence-corrected chi connectivity index (χ4v) is 22.5. The van der Waals surface area contributed by atoms with Crippen LogP contribution in [0.15, 0.2) is 479 Å². The molecule has 12 heteroatoms. The molecule has 0 aliphatic carbocycles. The van der Waals surface area contributed by atoms with Crippen LogP contribution in [0, 0.1) is 0 Å². The highest BCUT2D eigenvalue weighted by atomic mass is 32.1. The van der Waals surface area contributed by atoms with E-state index < -0.39 is 0 Å². The molecule has 0 unspecified atom stereocenters. The highest BCUT2D eigenvalue weighted by Crippen LogP contribution is 2.50. The number of hydrogen-bond acceptors (Lipinski definition) is 12. The van der Waals surface area contributed by atoms with Crippen molar-refractivity contribution in [3.63, 3.8) is 0 Å². The lowest BCUT2D eigenvalue weighted by molar-refractivity contribution is 1.08. The molecule has 0 bridgehead atoms. The van der Waals surface area contributed by atoms with Crippen LogP contribution >= 0.6 is 34.0 Å². The maximum Gasteiger partial charge on any atom is 0.174 e. The molecule has 27 aromatic rings. The number of thiophene rings is 3. The third-order valence-corrected chi connectivity index (χ3v) is 29.3. The number of hydrogen-bond donors (Lipinski definition) is 0. The van der Waals surface area contributed by atoms with Crippen LogP contribution in [0.5, 0.6) is 0 Å². The lowest BCUT2D eigenvalue weighted by atomic mass is 9.88. The third kappa shape index (κ3) is 15.9. The van der Waals surface area contributed by atoms with Crippen LogP contribution < -0.4 is 0 Å². The monoisotopic (exact) mass is 1830 g/mol. The predicted molar refractivity (Wildman–Crippen MR) is 584 cm³/mol. The van der Waals surface area contributed by atoms with E-state index in [1.807, 2.05) is 12.1 Å². The summed E-state index contributed by atoms with van der Waals surface area (Å²) in [5, 5.41) is 19.6. The maximum atomic E-state index is 5.27. The van der Waals surface area contributed by atoms with E-state index in [1.165, 1.54) is 107 Å². The minimum atomic E-state index is 0.653. The van der Waals surface area contributed by atoms with Crippen molar-refractivity contribution < 1.29 is 0 Å². The van der Waals surface area contributed by atoms with Gasteiger partial charge in [-0.1, -0.05) is 431 Å². The van der Waals surface area contributed by atoms with Crippen molar-refractivity contribution in [2.75, 3.05) is 0 Å². The third-order valence-electron chi connectivity index (χ3n) is 26.0. The fourth-order valence-electron chi connectivity index (χ4n) is 19.6. The second-order valence-corrected chi connectivity index (χ2v) is 37.7. The molecular weight excluding hydrogens is 1750 g/mol. The zero-order valence-electron chi connectivity index (χ0n) is 74.9. The summed E-state index contributed by atoms with van der Waals surface area (Å²) in [6.45, 7) is 0. The molecule has 139 heavy (non-hydrogen) atoms. The SMILES string of the molecule is c1ccc(-c2c3ccccc3c(-c3nc(-c4ccc5ccccc5c4)nc(-c4cc5ccccc5s4)n3)c3ccccc23)cc1.c1ccc(-c2ccc(-c3nc(-c4cc5ccccc5s4)nc(-c4c5ccccc5c(-c5ccccc5)c5ccccc45)n3)cc2)cc1.c1ccc(-c2cccc(-c3nc(-c4cc5ccccc5s4)nc(-c4c5ccccc5c(-c5ccccc5)c5ccccc45)n3)c2)cc1. The van der Waals surface area contributed by atoms with Gasteiger partial charge in [-0.3, -0.25) is 0 Å². The maximum absolute atomic E-state index is 5.27. The van der Waals surface area contributed by atoms with Gasteiger partial charge in [0, 0.05) is 47.5 Å². The molecule has 650 valence electrons. The molecule has 9 nitrogen and oxygen atoms in total. The molecule has 6 heterocycles. The molecular formula is C127H79N9S3. The van der Waals surface area contributed by atoms with E-state index in [0.29, 0.717) is 52.4 Å². The van der Waals surface area contributed by atoms with E-state index >= 15 is 0 Å². The molecule has 0 fully saturated rings. The van der Waals surface area contributed by atoms with Gasteiger partial charge >= 0.3 is 0 Å². The molecule has 0 saturated heterocycles. The van der Waals surface area contributed by atoms with Gasteiger partial charge in [0.15, 0.2) is 52.4 Å². The van der Waals surface area contributed by atoms with Gasteiger partial charge in [0.1, 0.15) is 0 Å². The van der Waals surface area contributed by atoms with Crippen molar-refractivity contribution in [2.45, 2.75) is 0 Å². The highest BCUT2D eigenvalue weighted by molar-refractivity contribution is 7.23. The van der Waals surface area contributed by atoms with Crippen molar-refractivity contribution in [3.8, 4) is 156 Å². The molecule has 0 radical (unpaired) electrons. The first-order valence-corrected chi connectivity index (χ1v) is 48.9. The first kappa shape index (κ1) is 83.2. The summed E-state index contributed by atoms with van der Waals surface area (Å²) in [5.41, 5.74) is 17.7. The van der Waals surface area contributed by atoms with Crippen LogP contribution in [-0.2, 0) is 0 Å². The Balaban J connectivity index is 0.000000110. The van der Waals surface area contributed by atoms with Gasteiger partial charge in [-0.2, -0.15) is 0 Å². The normalized spacial score (nSPS) is 11.5. The molecule has 0 aliphatic rings. The molecule has 0 aliphatic heterocycles. The Morgan fingerprint density at radius 2 is 0.331 bits per heavy atom. The minimum absolute atomic E-state index is 0.653. The van der Waals surface area contributed by atoms with Gasteiger partial charge in [-0.05, 0) is 196 Å². The lowest BCUT2D eigenvalue weighted by Gasteiger charge is -2.17. The number of benzene rings is 21. The summed E-state index contributed by atoms with van der Waals surface area (Å²) >= 11 is 5.14. The standard InChI is InChI=1S/2C43H27N3S.C41H25N3S/c1-3-14-28(15-4-1)30-19-13-20-32(26-30)41-44-42(38-27-31-18-7-12-25-37(31)47-38)46-43(45-41)40-35-23-10-8-21-33(35)39(29-16-5-2-6-17-29)34-22-9-11-24-36(34)40;1-3-13-28(14-4-1)29-23-25-31(26-24-29)41-44-42(38-27-32-17-7-12-22-37(32)47-38)46-43(45-41)40-35-20-10-8-18-33(35)39(30-15-5-2-6-16-30)34-19-9-11-21-36(34)40;1-2-13-27(14-3-1)37-31-17-7-9-19-33(31)38(34-20-10-8-18-32(34)37)41-43-39(30-23-22-26-12-4-5-15-28(26)24-30)42-40(44-41)36-25-29-16-6-11-21-35(29)45-36/h2*1-27H;1-25H. The number of aromatic nitrogens is 9. The molecule has 0 spiro atoms. The van der Waals surface area contributed by atoms with Gasteiger partial charge in [-0.15, -0.1) is 34.0 Å². The average molecular weight is 1830 g/mol.